The lowest BCUT2D eigenvalue weighted by Gasteiger charge is -2.24. The maximum atomic E-state index is 5.64. The van der Waals surface area contributed by atoms with Crippen LogP contribution in [0, 0.1) is 0 Å². The van der Waals surface area contributed by atoms with Gasteiger partial charge in [0.2, 0.25) is 5.88 Å². The van der Waals surface area contributed by atoms with Crippen LogP contribution in [0.3, 0.4) is 0 Å². The van der Waals surface area contributed by atoms with E-state index in [0.29, 0.717) is 12.4 Å². The fraction of sp³-hybridized carbons (Fsp3) is 0.389. The molecule has 0 radical (unpaired) electrons. The van der Waals surface area contributed by atoms with Gasteiger partial charge in [0.15, 0.2) is 0 Å². The number of hydrogen-bond acceptors (Lipinski definition) is 4. The summed E-state index contributed by atoms with van der Waals surface area (Å²) in [6, 6.07) is 10.1. The van der Waals surface area contributed by atoms with Crippen LogP contribution in [0.15, 0.2) is 36.5 Å². The van der Waals surface area contributed by atoms with Gasteiger partial charge in [-0.05, 0) is 17.5 Å². The van der Waals surface area contributed by atoms with Crippen LogP contribution in [-0.4, -0.2) is 19.2 Å². The van der Waals surface area contributed by atoms with Crippen LogP contribution in [0.1, 0.15) is 31.9 Å². The number of ether oxygens (including phenoxy) is 2. The maximum Gasteiger partial charge on any atom is 0.218 e. The Morgan fingerprint density at radius 1 is 1.05 bits per heavy atom. The Balaban J connectivity index is 2.27. The summed E-state index contributed by atoms with van der Waals surface area (Å²) in [5.41, 5.74) is 3.18. The molecule has 22 heavy (non-hydrogen) atoms. The van der Waals surface area contributed by atoms with Crippen molar-refractivity contribution in [2.24, 2.45) is 0 Å². The second kappa shape index (κ2) is 6.69. The van der Waals surface area contributed by atoms with Crippen molar-refractivity contribution >= 4 is 5.69 Å². The van der Waals surface area contributed by atoms with Gasteiger partial charge in [-0.3, -0.25) is 0 Å². The van der Waals surface area contributed by atoms with E-state index < -0.39 is 0 Å². The van der Waals surface area contributed by atoms with Crippen molar-refractivity contribution in [1.29, 1.82) is 0 Å². The predicted molar refractivity (Wildman–Crippen MR) is 89.8 cm³/mol. The third-order valence-corrected chi connectivity index (χ3v) is 3.54. The molecule has 118 valence electrons. The van der Waals surface area contributed by atoms with E-state index in [1.165, 1.54) is 5.56 Å². The Kier molecular flexibility index (Phi) is 4.91. The number of pyridine rings is 1. The molecule has 0 unspecified atom stereocenters. The largest absolute Gasteiger partial charge is 0.494 e. The van der Waals surface area contributed by atoms with Crippen molar-refractivity contribution in [2.75, 3.05) is 19.5 Å². The van der Waals surface area contributed by atoms with E-state index in [1.807, 2.05) is 24.3 Å². The highest BCUT2D eigenvalue weighted by Crippen LogP contribution is 2.37. The van der Waals surface area contributed by atoms with E-state index in [2.05, 4.69) is 37.1 Å². The molecule has 0 saturated heterocycles. The number of benzene rings is 1. The highest BCUT2D eigenvalue weighted by Gasteiger charge is 2.20. The smallest absolute Gasteiger partial charge is 0.218 e. The number of aromatic nitrogens is 1. The molecule has 0 spiro atoms. The van der Waals surface area contributed by atoms with E-state index in [4.69, 9.17) is 9.47 Å². The Bertz CT molecular complexity index is 633. The van der Waals surface area contributed by atoms with E-state index in [9.17, 15) is 0 Å². The summed E-state index contributed by atoms with van der Waals surface area (Å²) in [6.45, 7) is 7.16. The summed E-state index contributed by atoms with van der Waals surface area (Å²) >= 11 is 0. The zero-order valence-electron chi connectivity index (χ0n) is 13.9. The minimum Gasteiger partial charge on any atom is -0.494 e. The first-order chi connectivity index (χ1) is 10.5. The van der Waals surface area contributed by atoms with Crippen molar-refractivity contribution in [3.8, 4) is 11.6 Å². The number of anilines is 1. The number of para-hydroxylation sites is 1. The minimum atomic E-state index is 0.0228. The van der Waals surface area contributed by atoms with Gasteiger partial charge in [-0.15, -0.1) is 0 Å². The van der Waals surface area contributed by atoms with Gasteiger partial charge in [0.05, 0.1) is 19.9 Å². The first-order valence-corrected chi connectivity index (χ1v) is 7.36. The Labute approximate surface area is 132 Å². The number of rotatable bonds is 5. The molecule has 2 aromatic rings. The highest BCUT2D eigenvalue weighted by atomic mass is 16.5. The summed E-state index contributed by atoms with van der Waals surface area (Å²) in [5, 5.41) is 3.42. The van der Waals surface area contributed by atoms with Crippen molar-refractivity contribution in [1.82, 2.24) is 4.98 Å². The molecule has 0 atom stereocenters. The standard InChI is InChI=1S/C18H24N2O2/c1-18(2,3)14-9-6-10-15(16(14)21-4)20-12-13-8-7-11-19-17(13)22-5/h6-11,20H,12H2,1-5H3. The Morgan fingerprint density at radius 2 is 1.82 bits per heavy atom. The summed E-state index contributed by atoms with van der Waals surface area (Å²) in [5.74, 6) is 1.53. The molecule has 0 fully saturated rings. The van der Waals surface area contributed by atoms with Crippen molar-refractivity contribution < 1.29 is 9.47 Å². The van der Waals surface area contributed by atoms with Gasteiger partial charge < -0.3 is 14.8 Å². The monoisotopic (exact) mass is 300 g/mol. The zero-order valence-corrected chi connectivity index (χ0v) is 13.9. The van der Waals surface area contributed by atoms with Gasteiger partial charge in [-0.2, -0.15) is 0 Å². The van der Waals surface area contributed by atoms with Gasteiger partial charge in [-0.25, -0.2) is 4.98 Å². The van der Waals surface area contributed by atoms with E-state index in [0.717, 1.165) is 17.0 Å². The van der Waals surface area contributed by atoms with E-state index in [-0.39, 0.29) is 5.41 Å². The molecule has 0 aliphatic heterocycles. The van der Waals surface area contributed by atoms with Crippen LogP contribution in [0.2, 0.25) is 0 Å². The zero-order chi connectivity index (χ0) is 16.2. The van der Waals surface area contributed by atoms with Crippen molar-refractivity contribution in [2.45, 2.75) is 32.7 Å². The van der Waals surface area contributed by atoms with Crippen LogP contribution >= 0.6 is 0 Å². The maximum absolute atomic E-state index is 5.64. The van der Waals surface area contributed by atoms with Crippen LogP contribution in [-0.2, 0) is 12.0 Å². The van der Waals surface area contributed by atoms with Crippen LogP contribution in [0.25, 0.3) is 0 Å². The van der Waals surface area contributed by atoms with Gasteiger partial charge in [0.25, 0.3) is 0 Å². The topological polar surface area (TPSA) is 43.4 Å². The lowest BCUT2D eigenvalue weighted by atomic mass is 9.86. The normalized spacial score (nSPS) is 11.1. The van der Waals surface area contributed by atoms with E-state index in [1.54, 1.807) is 20.4 Å². The van der Waals surface area contributed by atoms with Gasteiger partial charge in [-0.1, -0.05) is 39.0 Å². The van der Waals surface area contributed by atoms with Crippen molar-refractivity contribution in [3.63, 3.8) is 0 Å². The molecule has 4 heteroatoms. The Hall–Kier alpha value is -2.23. The lowest BCUT2D eigenvalue weighted by molar-refractivity contribution is 0.392. The molecule has 0 bridgehead atoms. The van der Waals surface area contributed by atoms with Gasteiger partial charge in [0.1, 0.15) is 5.75 Å². The molecule has 4 nitrogen and oxygen atoms in total. The van der Waals surface area contributed by atoms with Gasteiger partial charge >= 0.3 is 0 Å². The molecular weight excluding hydrogens is 276 g/mol. The molecule has 0 saturated carbocycles. The SMILES string of the molecule is COc1ncccc1CNc1cccc(C(C)(C)C)c1OC. The molecule has 1 aromatic carbocycles. The molecule has 1 aromatic heterocycles. The molecule has 2 rings (SSSR count). The fourth-order valence-electron chi connectivity index (χ4n) is 2.42. The Morgan fingerprint density at radius 3 is 2.45 bits per heavy atom. The predicted octanol–water partition coefficient (Wildman–Crippen LogP) is 4.01. The molecule has 1 N–H and O–H groups in total. The van der Waals surface area contributed by atoms with Crippen molar-refractivity contribution in [3.05, 3.63) is 47.7 Å². The second-order valence-corrected chi connectivity index (χ2v) is 6.16. The molecule has 1 heterocycles. The average molecular weight is 300 g/mol. The van der Waals surface area contributed by atoms with Gasteiger partial charge in [0, 0.05) is 23.9 Å². The van der Waals surface area contributed by atoms with Crippen LogP contribution in [0.4, 0.5) is 5.69 Å². The number of nitrogens with one attached hydrogen (secondary N) is 1. The third kappa shape index (κ3) is 3.50. The highest BCUT2D eigenvalue weighted by molar-refractivity contribution is 5.62. The quantitative estimate of drug-likeness (QED) is 0.906. The second-order valence-electron chi connectivity index (χ2n) is 6.16. The molecule has 0 amide bonds. The summed E-state index contributed by atoms with van der Waals surface area (Å²) in [6.07, 6.45) is 1.73. The number of methoxy groups -OCH3 is 2. The lowest BCUT2D eigenvalue weighted by Crippen LogP contribution is -2.14. The van der Waals surface area contributed by atoms with Crippen LogP contribution in [0.5, 0.6) is 11.6 Å². The number of hydrogen-bond donors (Lipinski definition) is 1. The third-order valence-electron chi connectivity index (χ3n) is 3.54. The summed E-state index contributed by atoms with van der Waals surface area (Å²) in [7, 11) is 3.34. The molecule has 0 aliphatic rings. The molecular formula is C18H24N2O2. The number of nitrogens with zero attached hydrogens (tertiary/aromatic N) is 1. The first kappa shape index (κ1) is 16.1. The minimum absolute atomic E-state index is 0.0228. The molecule has 0 aliphatic carbocycles. The van der Waals surface area contributed by atoms with Crippen LogP contribution < -0.4 is 14.8 Å². The van der Waals surface area contributed by atoms with E-state index >= 15 is 0 Å². The summed E-state index contributed by atoms with van der Waals surface area (Å²) in [4.78, 5) is 4.22. The average Bonchev–Trinajstić information content (AvgIpc) is 2.51. The first-order valence-electron chi connectivity index (χ1n) is 7.36. The summed E-state index contributed by atoms with van der Waals surface area (Å²) < 4.78 is 10.9. The fourth-order valence-corrected chi connectivity index (χ4v) is 2.42.